The summed E-state index contributed by atoms with van der Waals surface area (Å²) in [6, 6.07) is 0. The van der Waals surface area contributed by atoms with Crippen LogP contribution < -0.4 is 0 Å². The second kappa shape index (κ2) is 8.07. The minimum atomic E-state index is 0.275. The van der Waals surface area contributed by atoms with Crippen molar-refractivity contribution in [2.24, 2.45) is 0 Å². The summed E-state index contributed by atoms with van der Waals surface area (Å²) in [7, 11) is 0. The van der Waals surface area contributed by atoms with E-state index in [1.165, 1.54) is 0 Å². The molecular weight excluding hydrogens is 270 g/mol. The molecular formula is C12H22BrNO2. The van der Waals surface area contributed by atoms with Crippen LogP contribution in [0.15, 0.2) is 0 Å². The molecule has 0 spiro atoms. The van der Waals surface area contributed by atoms with Gasteiger partial charge in [-0.3, -0.25) is 4.79 Å². The Morgan fingerprint density at radius 3 is 2.88 bits per heavy atom. The van der Waals surface area contributed by atoms with Crippen molar-refractivity contribution >= 4 is 21.8 Å². The zero-order valence-corrected chi connectivity index (χ0v) is 11.7. The van der Waals surface area contributed by atoms with Crippen molar-refractivity contribution in [3.63, 3.8) is 0 Å². The molecule has 1 amide bonds. The molecule has 1 unspecified atom stereocenters. The van der Waals surface area contributed by atoms with Gasteiger partial charge in [0.05, 0.1) is 6.10 Å². The van der Waals surface area contributed by atoms with E-state index in [0.29, 0.717) is 12.5 Å². The number of carbonyl (C=O) groups excluding carboxylic acids is 1. The first-order valence-electron chi connectivity index (χ1n) is 6.23. The molecule has 4 heteroatoms. The van der Waals surface area contributed by atoms with E-state index in [1.54, 1.807) is 0 Å². The summed E-state index contributed by atoms with van der Waals surface area (Å²) in [6.45, 7) is 4.67. The molecule has 0 radical (unpaired) electrons. The first-order chi connectivity index (χ1) is 7.77. The lowest BCUT2D eigenvalue weighted by Gasteiger charge is -2.21. The van der Waals surface area contributed by atoms with Crippen molar-refractivity contribution in [2.75, 3.05) is 25.0 Å². The maximum Gasteiger partial charge on any atom is 0.222 e. The molecule has 94 valence electrons. The molecule has 1 fully saturated rings. The summed E-state index contributed by atoms with van der Waals surface area (Å²) in [6.07, 6.45) is 5.16. The standard InChI is InChI=1S/C12H22BrNO2/c1-2-8-14(9-7-13)12(15)6-5-11-4-3-10-16-11/h11H,2-10H2,1H3. The van der Waals surface area contributed by atoms with E-state index in [2.05, 4.69) is 22.9 Å². The summed E-state index contributed by atoms with van der Waals surface area (Å²) < 4.78 is 5.52. The van der Waals surface area contributed by atoms with Crippen molar-refractivity contribution in [1.82, 2.24) is 4.90 Å². The second-order valence-corrected chi connectivity index (χ2v) is 5.04. The lowest BCUT2D eigenvalue weighted by molar-refractivity contribution is -0.131. The third-order valence-corrected chi connectivity index (χ3v) is 3.26. The molecule has 1 heterocycles. The first-order valence-corrected chi connectivity index (χ1v) is 7.35. The zero-order valence-electron chi connectivity index (χ0n) is 10.1. The van der Waals surface area contributed by atoms with Crippen molar-refractivity contribution in [2.45, 2.75) is 45.1 Å². The number of nitrogens with zero attached hydrogens (tertiary/aromatic N) is 1. The number of hydrogen-bond acceptors (Lipinski definition) is 2. The van der Waals surface area contributed by atoms with Crippen molar-refractivity contribution in [3.8, 4) is 0 Å². The maximum absolute atomic E-state index is 11.9. The molecule has 0 N–H and O–H groups in total. The normalized spacial score (nSPS) is 20.0. The Hall–Kier alpha value is -0.0900. The Morgan fingerprint density at radius 1 is 1.50 bits per heavy atom. The fraction of sp³-hybridized carbons (Fsp3) is 0.917. The molecule has 0 saturated carbocycles. The lowest BCUT2D eigenvalue weighted by Crippen LogP contribution is -2.33. The van der Waals surface area contributed by atoms with Crippen LogP contribution in [0.1, 0.15) is 39.0 Å². The quantitative estimate of drug-likeness (QED) is 0.675. The highest BCUT2D eigenvalue weighted by Crippen LogP contribution is 2.17. The Labute approximate surface area is 107 Å². The predicted octanol–water partition coefficient (Wildman–Crippen LogP) is 2.58. The van der Waals surface area contributed by atoms with E-state index in [-0.39, 0.29) is 5.91 Å². The van der Waals surface area contributed by atoms with Gasteiger partial charge in [-0.1, -0.05) is 22.9 Å². The lowest BCUT2D eigenvalue weighted by atomic mass is 10.1. The van der Waals surface area contributed by atoms with Crippen LogP contribution in [-0.4, -0.2) is 41.9 Å². The van der Waals surface area contributed by atoms with E-state index in [1.807, 2.05) is 4.90 Å². The molecule has 1 aliphatic rings. The van der Waals surface area contributed by atoms with Gasteiger partial charge < -0.3 is 9.64 Å². The minimum absolute atomic E-state index is 0.275. The molecule has 16 heavy (non-hydrogen) atoms. The Bertz CT molecular complexity index is 199. The van der Waals surface area contributed by atoms with E-state index < -0.39 is 0 Å². The van der Waals surface area contributed by atoms with Gasteiger partial charge in [0.25, 0.3) is 0 Å². The summed E-state index contributed by atoms with van der Waals surface area (Å²) in [4.78, 5) is 13.9. The van der Waals surface area contributed by atoms with Crippen LogP contribution in [0.3, 0.4) is 0 Å². The van der Waals surface area contributed by atoms with Crippen LogP contribution in [0, 0.1) is 0 Å². The Kier molecular flexibility index (Phi) is 7.05. The molecule has 1 atom stereocenters. The van der Waals surface area contributed by atoms with Crippen LogP contribution in [-0.2, 0) is 9.53 Å². The number of hydrogen-bond donors (Lipinski definition) is 0. The first kappa shape index (κ1) is 14.0. The fourth-order valence-electron chi connectivity index (χ4n) is 2.05. The van der Waals surface area contributed by atoms with Gasteiger partial charge in [0.15, 0.2) is 0 Å². The van der Waals surface area contributed by atoms with Gasteiger partial charge in [0.1, 0.15) is 0 Å². The number of alkyl halides is 1. The maximum atomic E-state index is 11.9. The van der Waals surface area contributed by atoms with Gasteiger partial charge in [0, 0.05) is 31.4 Å². The molecule has 0 aromatic heterocycles. The van der Waals surface area contributed by atoms with Crippen LogP contribution in [0.4, 0.5) is 0 Å². The molecule has 1 aliphatic heterocycles. The molecule has 3 nitrogen and oxygen atoms in total. The van der Waals surface area contributed by atoms with Gasteiger partial charge in [-0.25, -0.2) is 0 Å². The van der Waals surface area contributed by atoms with Crippen LogP contribution in [0.25, 0.3) is 0 Å². The number of carbonyl (C=O) groups is 1. The third kappa shape index (κ3) is 4.83. The molecule has 0 aromatic rings. The van der Waals surface area contributed by atoms with Crippen LogP contribution >= 0.6 is 15.9 Å². The minimum Gasteiger partial charge on any atom is -0.378 e. The second-order valence-electron chi connectivity index (χ2n) is 4.24. The van der Waals surface area contributed by atoms with Gasteiger partial charge >= 0.3 is 0 Å². The molecule has 0 bridgehead atoms. The molecule has 1 saturated heterocycles. The zero-order chi connectivity index (χ0) is 11.8. The van der Waals surface area contributed by atoms with E-state index in [9.17, 15) is 4.79 Å². The summed E-state index contributed by atoms with van der Waals surface area (Å²) >= 11 is 3.39. The molecule has 0 aliphatic carbocycles. The van der Waals surface area contributed by atoms with E-state index >= 15 is 0 Å². The van der Waals surface area contributed by atoms with Gasteiger partial charge in [-0.05, 0) is 25.7 Å². The van der Waals surface area contributed by atoms with E-state index in [0.717, 1.165) is 50.7 Å². The third-order valence-electron chi connectivity index (χ3n) is 2.90. The van der Waals surface area contributed by atoms with Gasteiger partial charge in [-0.15, -0.1) is 0 Å². The van der Waals surface area contributed by atoms with Gasteiger partial charge in [-0.2, -0.15) is 0 Å². The fourth-order valence-corrected chi connectivity index (χ4v) is 2.48. The number of halogens is 1. The number of ether oxygens (including phenoxy) is 1. The summed E-state index contributed by atoms with van der Waals surface area (Å²) in [5.74, 6) is 0.275. The Balaban J connectivity index is 2.24. The SMILES string of the molecule is CCCN(CCBr)C(=O)CCC1CCCO1. The number of amides is 1. The van der Waals surface area contributed by atoms with Crippen molar-refractivity contribution in [3.05, 3.63) is 0 Å². The highest BCUT2D eigenvalue weighted by atomic mass is 79.9. The average molecular weight is 292 g/mol. The summed E-state index contributed by atoms with van der Waals surface area (Å²) in [5, 5.41) is 0.860. The van der Waals surface area contributed by atoms with Crippen molar-refractivity contribution in [1.29, 1.82) is 0 Å². The van der Waals surface area contributed by atoms with Crippen LogP contribution in [0.2, 0.25) is 0 Å². The van der Waals surface area contributed by atoms with Crippen LogP contribution in [0.5, 0.6) is 0 Å². The smallest absolute Gasteiger partial charge is 0.222 e. The van der Waals surface area contributed by atoms with E-state index in [4.69, 9.17) is 4.74 Å². The predicted molar refractivity (Wildman–Crippen MR) is 68.9 cm³/mol. The average Bonchev–Trinajstić information content (AvgIpc) is 2.78. The monoisotopic (exact) mass is 291 g/mol. The Morgan fingerprint density at radius 2 is 2.31 bits per heavy atom. The number of rotatable bonds is 7. The molecule has 1 rings (SSSR count). The largest absolute Gasteiger partial charge is 0.378 e. The van der Waals surface area contributed by atoms with Gasteiger partial charge in [0.2, 0.25) is 5.91 Å². The highest BCUT2D eigenvalue weighted by molar-refractivity contribution is 9.09. The topological polar surface area (TPSA) is 29.5 Å². The van der Waals surface area contributed by atoms with Crippen molar-refractivity contribution < 1.29 is 9.53 Å². The summed E-state index contributed by atoms with van der Waals surface area (Å²) in [5.41, 5.74) is 0. The molecule has 0 aromatic carbocycles. The highest BCUT2D eigenvalue weighted by Gasteiger charge is 2.18.